The third-order valence-electron chi connectivity index (χ3n) is 14.6. The summed E-state index contributed by atoms with van der Waals surface area (Å²) in [6.45, 7) is 16.8. The maximum atomic E-state index is 5.08. The topological polar surface area (TPSA) is 92.7 Å². The lowest BCUT2D eigenvalue weighted by molar-refractivity contribution is 0.241. The van der Waals surface area contributed by atoms with Gasteiger partial charge in [0.05, 0.1) is 34.9 Å². The summed E-state index contributed by atoms with van der Waals surface area (Å²) in [6.07, 6.45) is 17.8. The normalized spacial score (nSPS) is 21.1. The maximum absolute atomic E-state index is 5.08. The molecule has 1 saturated carbocycles. The molecule has 2 unspecified atom stereocenters. The zero-order valence-electron chi connectivity index (χ0n) is 38.2. The van der Waals surface area contributed by atoms with Crippen molar-refractivity contribution in [3.8, 4) is 0 Å². The van der Waals surface area contributed by atoms with Crippen molar-refractivity contribution >= 4 is 28.7 Å². The number of rotatable bonds is 10. The molecule has 1 aliphatic carbocycles. The number of aryl methyl sites for hydroxylation is 2. The molecular formula is C52H63N13. The van der Waals surface area contributed by atoms with Crippen LogP contribution in [-0.4, -0.2) is 120 Å². The molecule has 0 amide bonds. The minimum absolute atomic E-state index is 0.343. The Balaban J connectivity index is 0.000000145. The first-order valence-electron chi connectivity index (χ1n) is 24.2. The van der Waals surface area contributed by atoms with Crippen LogP contribution in [0.25, 0.3) is 11.3 Å². The average molecular weight is 870 g/mol. The first-order valence-corrected chi connectivity index (χ1v) is 24.2. The third-order valence-corrected chi connectivity index (χ3v) is 14.6. The number of pyridine rings is 5. The van der Waals surface area contributed by atoms with E-state index < -0.39 is 0 Å². The number of anilines is 3. The second-order valence-electron chi connectivity index (χ2n) is 18.8. The first kappa shape index (κ1) is 41.8. The molecule has 336 valence electrons. The SMILES string of the molecule is Cc1cccnc1CN1CCCC1c1cn2c(N3CCN(C4CC4)CC3)cccc2n1.Cc1cccnc1CN1CCCC1c1cn2c(N3CCN(c4ccccn4)CC3)cccc2n1. The van der Waals surface area contributed by atoms with Crippen molar-refractivity contribution in [1.82, 2.24) is 48.4 Å². The van der Waals surface area contributed by atoms with E-state index in [2.05, 4.69) is 140 Å². The van der Waals surface area contributed by atoms with Gasteiger partial charge in [-0.15, -0.1) is 0 Å². The van der Waals surface area contributed by atoms with E-state index in [9.17, 15) is 0 Å². The summed E-state index contributed by atoms with van der Waals surface area (Å²) in [7, 11) is 0. The predicted octanol–water partition coefficient (Wildman–Crippen LogP) is 7.76. The number of fused-ring (bicyclic) bond motifs is 2. The standard InChI is InChI=1S/C27H31N7.C25H32N6/c1-21-7-5-13-28-22(21)19-33-14-6-8-24(33)23-20-34-26(30-23)10-4-11-27(34)32-17-15-31(16-18-32)25-9-2-3-12-29-25;1-19-5-3-11-26-21(19)17-30-12-4-6-23(30)22-18-31-24(27-22)7-2-8-25(31)29-15-13-28(14-16-29)20-9-10-20/h2-5,7,9-13,20,24H,6,8,14-19H2,1H3;2-3,5,7-8,11,18,20,23H,4,6,9-10,12-17H2,1H3. The first-order chi connectivity index (χ1) is 32.0. The third kappa shape index (κ3) is 8.93. The lowest BCUT2D eigenvalue weighted by Gasteiger charge is -2.36. The minimum Gasteiger partial charge on any atom is -0.355 e. The Morgan fingerprint density at radius 2 is 0.985 bits per heavy atom. The monoisotopic (exact) mass is 870 g/mol. The molecule has 0 N–H and O–H groups in total. The smallest absolute Gasteiger partial charge is 0.138 e. The summed E-state index contributed by atoms with van der Waals surface area (Å²) in [5, 5.41) is 0. The van der Waals surface area contributed by atoms with E-state index in [1.165, 1.54) is 90.7 Å². The van der Waals surface area contributed by atoms with Gasteiger partial charge in [0, 0.05) is 102 Å². The average Bonchev–Trinajstić information content (AvgIpc) is 3.67. The summed E-state index contributed by atoms with van der Waals surface area (Å²) in [6, 6.07) is 29.1. The molecule has 7 aromatic rings. The summed E-state index contributed by atoms with van der Waals surface area (Å²) in [5.74, 6) is 3.58. The van der Waals surface area contributed by atoms with Crippen LogP contribution in [0, 0.1) is 13.8 Å². The van der Waals surface area contributed by atoms with Crippen molar-refractivity contribution < 1.29 is 0 Å². The van der Waals surface area contributed by atoms with Crippen LogP contribution in [0.15, 0.2) is 110 Å². The number of imidazole rings is 2. The molecule has 2 atom stereocenters. The van der Waals surface area contributed by atoms with Crippen molar-refractivity contribution in [3.63, 3.8) is 0 Å². The van der Waals surface area contributed by atoms with Crippen molar-refractivity contribution in [3.05, 3.63) is 144 Å². The van der Waals surface area contributed by atoms with E-state index in [0.29, 0.717) is 12.1 Å². The van der Waals surface area contributed by atoms with Gasteiger partial charge < -0.3 is 14.7 Å². The largest absolute Gasteiger partial charge is 0.355 e. The van der Waals surface area contributed by atoms with Gasteiger partial charge in [0.25, 0.3) is 0 Å². The highest BCUT2D eigenvalue weighted by molar-refractivity contribution is 5.55. The Hall–Kier alpha value is -5.89. The molecule has 4 aliphatic heterocycles. The molecule has 5 fully saturated rings. The van der Waals surface area contributed by atoms with Crippen LogP contribution >= 0.6 is 0 Å². The fourth-order valence-electron chi connectivity index (χ4n) is 10.8. The van der Waals surface area contributed by atoms with Crippen LogP contribution < -0.4 is 14.7 Å². The Labute approximate surface area is 383 Å². The highest BCUT2D eigenvalue weighted by atomic mass is 15.3. The van der Waals surface area contributed by atoms with Gasteiger partial charge in [-0.05, 0) is 125 Å². The molecule has 13 heteroatoms. The van der Waals surface area contributed by atoms with Crippen LogP contribution in [0.3, 0.4) is 0 Å². The van der Waals surface area contributed by atoms with Gasteiger partial charge in [0.1, 0.15) is 28.7 Å². The number of hydrogen-bond acceptors (Lipinski definition) is 11. The van der Waals surface area contributed by atoms with E-state index >= 15 is 0 Å². The summed E-state index contributed by atoms with van der Waals surface area (Å²) in [5.41, 5.74) is 9.36. The maximum Gasteiger partial charge on any atom is 0.138 e. The second kappa shape index (κ2) is 18.5. The van der Waals surface area contributed by atoms with E-state index in [-0.39, 0.29) is 0 Å². The molecule has 0 bridgehead atoms. The fraction of sp³-hybridized carbons (Fsp3) is 0.442. The van der Waals surface area contributed by atoms with Crippen LogP contribution in [0.5, 0.6) is 0 Å². The van der Waals surface area contributed by atoms with Gasteiger partial charge in [0.2, 0.25) is 0 Å². The second-order valence-corrected chi connectivity index (χ2v) is 18.8. The molecule has 0 spiro atoms. The zero-order valence-corrected chi connectivity index (χ0v) is 38.2. The number of aromatic nitrogens is 7. The van der Waals surface area contributed by atoms with Crippen LogP contribution in [0.2, 0.25) is 0 Å². The Morgan fingerprint density at radius 1 is 0.477 bits per heavy atom. The molecule has 0 aromatic carbocycles. The van der Waals surface area contributed by atoms with Crippen LogP contribution in [-0.2, 0) is 13.1 Å². The van der Waals surface area contributed by atoms with Crippen LogP contribution in [0.4, 0.5) is 17.5 Å². The molecule has 7 aromatic heterocycles. The van der Waals surface area contributed by atoms with Gasteiger partial charge in [-0.1, -0.05) is 30.3 Å². The van der Waals surface area contributed by atoms with Gasteiger partial charge >= 0.3 is 0 Å². The van der Waals surface area contributed by atoms with E-state index in [4.69, 9.17) is 9.97 Å². The molecule has 65 heavy (non-hydrogen) atoms. The van der Waals surface area contributed by atoms with Gasteiger partial charge in [-0.25, -0.2) is 15.0 Å². The summed E-state index contributed by atoms with van der Waals surface area (Å²) >= 11 is 0. The molecule has 11 heterocycles. The predicted molar refractivity (Wildman–Crippen MR) is 259 cm³/mol. The number of piperazine rings is 2. The van der Waals surface area contributed by atoms with Gasteiger partial charge in [-0.3, -0.25) is 33.5 Å². The molecule has 5 aliphatic rings. The molecule has 4 saturated heterocycles. The number of hydrogen-bond donors (Lipinski definition) is 0. The molecular weight excluding hydrogens is 807 g/mol. The van der Waals surface area contributed by atoms with Crippen molar-refractivity contribution in [2.24, 2.45) is 0 Å². The van der Waals surface area contributed by atoms with Crippen molar-refractivity contribution in [2.45, 2.75) is 83.6 Å². The molecule has 12 rings (SSSR count). The highest BCUT2D eigenvalue weighted by Gasteiger charge is 2.33. The van der Waals surface area contributed by atoms with Crippen molar-refractivity contribution in [1.29, 1.82) is 0 Å². The van der Waals surface area contributed by atoms with Crippen LogP contribution in [0.1, 0.15) is 84.5 Å². The quantitative estimate of drug-likeness (QED) is 0.135. The van der Waals surface area contributed by atoms with E-state index in [0.717, 1.165) is 95.0 Å². The minimum atomic E-state index is 0.343. The Bertz CT molecular complexity index is 2690. The summed E-state index contributed by atoms with van der Waals surface area (Å²) < 4.78 is 4.61. The lowest BCUT2D eigenvalue weighted by atomic mass is 10.1. The zero-order chi connectivity index (χ0) is 43.7. The van der Waals surface area contributed by atoms with Crippen molar-refractivity contribution in [2.75, 3.05) is 80.1 Å². The Kier molecular flexibility index (Phi) is 11.9. The lowest BCUT2D eigenvalue weighted by Crippen LogP contribution is -2.47. The van der Waals surface area contributed by atoms with Gasteiger partial charge in [-0.2, -0.15) is 0 Å². The van der Waals surface area contributed by atoms with E-state index in [1.807, 2.05) is 36.8 Å². The van der Waals surface area contributed by atoms with Gasteiger partial charge in [0.15, 0.2) is 0 Å². The summed E-state index contributed by atoms with van der Waals surface area (Å²) in [4.78, 5) is 39.1. The number of nitrogens with zero attached hydrogens (tertiary/aromatic N) is 13. The molecule has 13 nitrogen and oxygen atoms in total. The number of likely N-dealkylation sites (tertiary alicyclic amines) is 2. The fourth-order valence-corrected chi connectivity index (χ4v) is 10.8. The highest BCUT2D eigenvalue weighted by Crippen LogP contribution is 2.36. The van der Waals surface area contributed by atoms with E-state index in [1.54, 1.807) is 0 Å². The molecule has 0 radical (unpaired) electrons. The Morgan fingerprint density at radius 3 is 1.48 bits per heavy atom.